The smallest absolute Gasteiger partial charge is 0.225 e. The number of rotatable bonds is 5. The molecule has 2 aromatic rings. The lowest BCUT2D eigenvalue weighted by atomic mass is 9.95. The van der Waals surface area contributed by atoms with Crippen molar-refractivity contribution in [2.75, 3.05) is 50.7 Å². The maximum absolute atomic E-state index is 12.6. The second kappa shape index (κ2) is 8.67. The van der Waals surface area contributed by atoms with Gasteiger partial charge in [0.2, 0.25) is 11.9 Å². The first kappa shape index (κ1) is 18.8. The summed E-state index contributed by atoms with van der Waals surface area (Å²) in [5.41, 5.74) is 7.66. The zero-order valence-corrected chi connectivity index (χ0v) is 16.2. The summed E-state index contributed by atoms with van der Waals surface area (Å²) in [7, 11) is 0. The number of carbonyl (C=O) groups excluding carboxylic acids is 1. The molecule has 0 radical (unpaired) electrons. The lowest BCUT2D eigenvalue weighted by Gasteiger charge is -2.35. The van der Waals surface area contributed by atoms with Crippen molar-refractivity contribution in [2.24, 2.45) is 5.73 Å². The van der Waals surface area contributed by atoms with Gasteiger partial charge in [0.1, 0.15) is 0 Å². The van der Waals surface area contributed by atoms with E-state index in [0.29, 0.717) is 12.3 Å². The van der Waals surface area contributed by atoms with Crippen LogP contribution in [0.5, 0.6) is 0 Å². The molecule has 0 bridgehead atoms. The molecule has 7 nitrogen and oxygen atoms in total. The number of nitrogens with two attached hydrogens (primary N) is 1. The molecule has 1 aromatic carbocycles. The molecule has 148 valence electrons. The van der Waals surface area contributed by atoms with E-state index >= 15 is 0 Å². The molecule has 2 aliphatic heterocycles. The van der Waals surface area contributed by atoms with Crippen LogP contribution in [0.15, 0.2) is 48.8 Å². The molecule has 2 N–H and O–H groups in total. The van der Waals surface area contributed by atoms with Gasteiger partial charge in [-0.3, -0.25) is 4.79 Å². The van der Waals surface area contributed by atoms with Gasteiger partial charge in [-0.1, -0.05) is 30.3 Å². The first-order valence-electron chi connectivity index (χ1n) is 10.0. The number of anilines is 1. The zero-order valence-electron chi connectivity index (χ0n) is 16.2. The molecule has 1 aromatic heterocycles. The highest BCUT2D eigenvalue weighted by Crippen LogP contribution is 2.26. The van der Waals surface area contributed by atoms with Crippen LogP contribution >= 0.6 is 0 Å². The maximum atomic E-state index is 12.6. The van der Waals surface area contributed by atoms with E-state index in [1.807, 2.05) is 17.0 Å². The average molecular weight is 380 g/mol. The van der Waals surface area contributed by atoms with E-state index < -0.39 is 0 Å². The van der Waals surface area contributed by atoms with Crippen molar-refractivity contribution in [1.29, 1.82) is 0 Å². The summed E-state index contributed by atoms with van der Waals surface area (Å²) in [6.45, 7) is 5.56. The molecule has 0 unspecified atom stereocenters. The third-order valence-corrected chi connectivity index (χ3v) is 5.78. The number of benzene rings is 1. The summed E-state index contributed by atoms with van der Waals surface area (Å²) < 4.78 is 0. The Morgan fingerprint density at radius 1 is 1.00 bits per heavy atom. The Balaban J connectivity index is 1.23. The minimum atomic E-state index is 0.131. The molecule has 1 amide bonds. The van der Waals surface area contributed by atoms with Crippen molar-refractivity contribution >= 4 is 11.9 Å². The Morgan fingerprint density at radius 3 is 2.43 bits per heavy atom. The van der Waals surface area contributed by atoms with Crippen LogP contribution in [0.3, 0.4) is 0 Å². The first-order chi connectivity index (χ1) is 13.7. The van der Waals surface area contributed by atoms with Crippen LogP contribution in [0.25, 0.3) is 0 Å². The number of hydrogen-bond donors (Lipinski definition) is 1. The first-order valence-corrected chi connectivity index (χ1v) is 10.0. The largest absolute Gasteiger partial charge is 0.339 e. The predicted octanol–water partition coefficient (Wildman–Crippen LogP) is 0.942. The summed E-state index contributed by atoms with van der Waals surface area (Å²) in [5, 5.41) is 0. The van der Waals surface area contributed by atoms with E-state index in [1.165, 1.54) is 5.56 Å². The van der Waals surface area contributed by atoms with Gasteiger partial charge in [-0.2, -0.15) is 0 Å². The van der Waals surface area contributed by atoms with Crippen molar-refractivity contribution in [3.8, 4) is 0 Å². The molecule has 0 spiro atoms. The van der Waals surface area contributed by atoms with E-state index in [9.17, 15) is 4.79 Å². The molecule has 3 heterocycles. The molecule has 2 saturated heterocycles. The number of piperazine rings is 1. The minimum Gasteiger partial charge on any atom is -0.339 e. The highest BCUT2D eigenvalue weighted by atomic mass is 16.2. The van der Waals surface area contributed by atoms with Gasteiger partial charge in [0.15, 0.2) is 0 Å². The van der Waals surface area contributed by atoms with E-state index in [2.05, 4.69) is 44.0 Å². The molecule has 4 rings (SSSR count). The summed E-state index contributed by atoms with van der Waals surface area (Å²) in [6.07, 6.45) is 4.06. The van der Waals surface area contributed by atoms with Crippen molar-refractivity contribution in [3.63, 3.8) is 0 Å². The maximum Gasteiger partial charge on any atom is 0.225 e. The molecule has 0 saturated carbocycles. The van der Waals surface area contributed by atoms with E-state index in [-0.39, 0.29) is 11.9 Å². The Bertz CT molecular complexity index is 763. The number of hydrogen-bond acceptors (Lipinski definition) is 6. The van der Waals surface area contributed by atoms with Crippen LogP contribution in [0.1, 0.15) is 17.9 Å². The van der Waals surface area contributed by atoms with Gasteiger partial charge in [-0.15, -0.1) is 0 Å². The summed E-state index contributed by atoms with van der Waals surface area (Å²) >= 11 is 0. The van der Waals surface area contributed by atoms with Gasteiger partial charge in [0, 0.05) is 76.6 Å². The monoisotopic (exact) mass is 380 g/mol. The van der Waals surface area contributed by atoms with Gasteiger partial charge in [-0.25, -0.2) is 9.97 Å². The fourth-order valence-corrected chi connectivity index (χ4v) is 4.17. The van der Waals surface area contributed by atoms with Crippen molar-refractivity contribution < 1.29 is 4.79 Å². The van der Waals surface area contributed by atoms with Gasteiger partial charge < -0.3 is 20.4 Å². The van der Waals surface area contributed by atoms with E-state index in [1.54, 1.807) is 12.4 Å². The topological polar surface area (TPSA) is 78.6 Å². The number of aromatic nitrogens is 2. The molecule has 7 heteroatoms. The molecular weight excluding hydrogens is 352 g/mol. The quantitative estimate of drug-likeness (QED) is 0.832. The van der Waals surface area contributed by atoms with E-state index in [4.69, 9.17) is 5.73 Å². The van der Waals surface area contributed by atoms with Gasteiger partial charge >= 0.3 is 0 Å². The highest BCUT2D eigenvalue weighted by Gasteiger charge is 2.31. The Kier molecular flexibility index (Phi) is 5.83. The molecule has 2 atom stereocenters. The zero-order chi connectivity index (χ0) is 19.3. The predicted molar refractivity (Wildman–Crippen MR) is 109 cm³/mol. The average Bonchev–Trinajstić information content (AvgIpc) is 3.14. The third-order valence-electron chi connectivity index (χ3n) is 5.78. The molecule has 0 aliphatic carbocycles. The number of carbonyl (C=O) groups is 1. The number of likely N-dealkylation sites (tertiary alicyclic amines) is 1. The Hall–Kier alpha value is -2.51. The van der Waals surface area contributed by atoms with Crippen LogP contribution in [0.2, 0.25) is 0 Å². The summed E-state index contributed by atoms with van der Waals surface area (Å²) in [4.78, 5) is 27.7. The fraction of sp³-hybridized carbons (Fsp3) is 0.476. The molecular formula is C21H28N6O. The van der Waals surface area contributed by atoms with Crippen LogP contribution in [-0.2, 0) is 4.79 Å². The van der Waals surface area contributed by atoms with Gasteiger partial charge in [0.05, 0.1) is 0 Å². The standard InChI is InChI=1S/C21H28N6O/c22-19-16-25(15-18(19)17-5-2-1-3-6-17)10-7-20(28)26-11-13-27(14-12-26)21-23-8-4-9-24-21/h1-6,8-9,18-19H,7,10-16,22H2/t18-,19+/m0/s1. The lowest BCUT2D eigenvalue weighted by Crippen LogP contribution is -2.49. The van der Waals surface area contributed by atoms with Gasteiger partial charge in [0.25, 0.3) is 0 Å². The Labute approximate surface area is 166 Å². The molecule has 28 heavy (non-hydrogen) atoms. The summed E-state index contributed by atoms with van der Waals surface area (Å²) in [6, 6.07) is 12.4. The highest BCUT2D eigenvalue weighted by molar-refractivity contribution is 5.76. The lowest BCUT2D eigenvalue weighted by molar-refractivity contribution is -0.131. The van der Waals surface area contributed by atoms with Crippen LogP contribution in [-0.4, -0.2) is 77.5 Å². The SMILES string of the molecule is N[C@@H]1CN(CCC(=O)N2CCN(c3ncccn3)CC2)C[C@H]1c1ccccc1. The second-order valence-corrected chi connectivity index (χ2v) is 7.61. The number of amides is 1. The fourth-order valence-electron chi connectivity index (χ4n) is 4.17. The van der Waals surface area contributed by atoms with Crippen LogP contribution < -0.4 is 10.6 Å². The molecule has 2 aliphatic rings. The van der Waals surface area contributed by atoms with Crippen molar-refractivity contribution in [1.82, 2.24) is 19.8 Å². The normalized spacial score (nSPS) is 23.2. The van der Waals surface area contributed by atoms with Crippen LogP contribution in [0.4, 0.5) is 5.95 Å². The van der Waals surface area contributed by atoms with Crippen LogP contribution in [0, 0.1) is 0 Å². The van der Waals surface area contributed by atoms with E-state index in [0.717, 1.165) is 51.8 Å². The molecule has 2 fully saturated rings. The number of nitrogens with zero attached hydrogens (tertiary/aromatic N) is 5. The third kappa shape index (κ3) is 4.31. The Morgan fingerprint density at radius 2 is 1.71 bits per heavy atom. The minimum absolute atomic E-state index is 0.131. The summed E-state index contributed by atoms with van der Waals surface area (Å²) in [5.74, 6) is 1.32. The van der Waals surface area contributed by atoms with Crippen molar-refractivity contribution in [3.05, 3.63) is 54.4 Å². The van der Waals surface area contributed by atoms with Crippen molar-refractivity contribution in [2.45, 2.75) is 18.4 Å². The second-order valence-electron chi connectivity index (χ2n) is 7.61. The van der Waals surface area contributed by atoms with Gasteiger partial charge in [-0.05, 0) is 11.6 Å².